The second-order valence-electron chi connectivity index (χ2n) is 3.99. The molecular weight excluding hydrogens is 280 g/mol. The van der Waals surface area contributed by atoms with Crippen molar-refractivity contribution >= 4 is 15.8 Å². The Kier molecular flexibility index (Phi) is 4.64. The molecule has 20 heavy (non-hydrogen) atoms. The summed E-state index contributed by atoms with van der Waals surface area (Å²) >= 11 is 0. The zero-order valence-electron chi connectivity index (χ0n) is 11.0. The number of sulfonamides is 1. The summed E-state index contributed by atoms with van der Waals surface area (Å²) in [6.07, 6.45) is 3.16. The van der Waals surface area contributed by atoms with Gasteiger partial charge in [0.05, 0.1) is 0 Å². The normalized spacial score (nSPS) is 11.4. The lowest BCUT2D eigenvalue weighted by molar-refractivity contribution is 0.580. The summed E-state index contributed by atoms with van der Waals surface area (Å²) in [7, 11) is -3.55. The van der Waals surface area contributed by atoms with E-state index in [1.807, 2.05) is 6.92 Å². The van der Waals surface area contributed by atoms with E-state index in [0.29, 0.717) is 18.1 Å². The van der Waals surface area contributed by atoms with Gasteiger partial charge in [-0.25, -0.2) is 23.1 Å². The third-order valence-electron chi connectivity index (χ3n) is 2.52. The van der Waals surface area contributed by atoms with Crippen LogP contribution in [0.1, 0.15) is 12.7 Å². The zero-order valence-corrected chi connectivity index (χ0v) is 11.8. The third kappa shape index (κ3) is 3.75. The summed E-state index contributed by atoms with van der Waals surface area (Å²) in [5, 5.41) is 9.36. The second-order valence-corrected chi connectivity index (χ2v) is 5.76. The first kappa shape index (κ1) is 14.4. The largest absolute Gasteiger partial charge is 0.370 e. The summed E-state index contributed by atoms with van der Waals surface area (Å²) < 4.78 is 26.5. The first-order valence-electron chi connectivity index (χ1n) is 6.15. The summed E-state index contributed by atoms with van der Waals surface area (Å²) in [5.41, 5.74) is 0. The van der Waals surface area contributed by atoms with Gasteiger partial charge < -0.3 is 5.32 Å². The van der Waals surface area contributed by atoms with E-state index in [4.69, 9.17) is 0 Å². The van der Waals surface area contributed by atoms with E-state index < -0.39 is 10.0 Å². The summed E-state index contributed by atoms with van der Waals surface area (Å²) in [4.78, 5) is 8.09. The molecule has 2 aromatic heterocycles. The first-order chi connectivity index (χ1) is 9.62. The van der Waals surface area contributed by atoms with E-state index in [9.17, 15) is 8.42 Å². The van der Waals surface area contributed by atoms with Crippen molar-refractivity contribution in [1.29, 1.82) is 0 Å². The number of H-pyrrole nitrogens is 1. The van der Waals surface area contributed by atoms with Crippen molar-refractivity contribution in [2.45, 2.75) is 18.2 Å². The molecule has 8 nitrogen and oxygen atoms in total. The third-order valence-corrected chi connectivity index (χ3v) is 3.97. The van der Waals surface area contributed by atoms with E-state index in [1.165, 1.54) is 18.6 Å². The molecule has 0 aliphatic heterocycles. The Morgan fingerprint density at radius 3 is 2.75 bits per heavy atom. The average Bonchev–Trinajstić information content (AvgIpc) is 2.93. The Balaban J connectivity index is 1.95. The monoisotopic (exact) mass is 296 g/mol. The Hall–Kier alpha value is -2.00. The van der Waals surface area contributed by atoms with Gasteiger partial charge in [-0.1, -0.05) is 0 Å². The molecule has 0 atom stereocenters. The average molecular weight is 296 g/mol. The quantitative estimate of drug-likeness (QED) is 0.670. The van der Waals surface area contributed by atoms with Crippen LogP contribution in [0.15, 0.2) is 29.6 Å². The van der Waals surface area contributed by atoms with Crippen molar-refractivity contribution in [2.24, 2.45) is 0 Å². The van der Waals surface area contributed by atoms with Gasteiger partial charge in [-0.15, -0.1) is 0 Å². The molecule has 0 saturated carbocycles. The van der Waals surface area contributed by atoms with Gasteiger partial charge in [0.15, 0.2) is 0 Å². The van der Waals surface area contributed by atoms with Crippen LogP contribution in [0.2, 0.25) is 0 Å². The highest BCUT2D eigenvalue weighted by atomic mass is 32.2. The van der Waals surface area contributed by atoms with Gasteiger partial charge in [0, 0.05) is 25.7 Å². The van der Waals surface area contributed by atoms with Crippen molar-refractivity contribution in [1.82, 2.24) is 24.9 Å². The molecule has 2 aromatic rings. The van der Waals surface area contributed by atoms with Crippen LogP contribution < -0.4 is 10.0 Å². The summed E-state index contributed by atoms with van der Waals surface area (Å²) in [5.74, 6) is 1.28. The lowest BCUT2D eigenvalue weighted by Crippen LogP contribution is -2.26. The molecule has 0 unspecified atom stereocenters. The number of anilines is 1. The predicted molar refractivity (Wildman–Crippen MR) is 73.7 cm³/mol. The molecule has 0 aromatic carbocycles. The number of hydrogen-bond donors (Lipinski definition) is 3. The van der Waals surface area contributed by atoms with Gasteiger partial charge in [0.25, 0.3) is 0 Å². The van der Waals surface area contributed by atoms with Crippen LogP contribution in [-0.4, -0.2) is 41.7 Å². The van der Waals surface area contributed by atoms with E-state index in [1.54, 1.807) is 6.07 Å². The van der Waals surface area contributed by atoms with E-state index in [-0.39, 0.29) is 11.4 Å². The van der Waals surface area contributed by atoms with E-state index in [0.717, 1.165) is 6.54 Å². The molecule has 0 spiro atoms. The van der Waals surface area contributed by atoms with E-state index in [2.05, 4.69) is 30.2 Å². The SMILES string of the molecule is CCNc1ccc(S(=O)(=O)NCCc2ncn[nH]2)cn1. The van der Waals surface area contributed by atoms with Crippen LogP contribution in [-0.2, 0) is 16.4 Å². The maximum Gasteiger partial charge on any atom is 0.242 e. The number of pyridine rings is 1. The molecule has 2 heterocycles. The number of rotatable bonds is 7. The van der Waals surface area contributed by atoms with Crippen LogP contribution in [0.4, 0.5) is 5.82 Å². The fourth-order valence-corrected chi connectivity index (χ4v) is 2.54. The van der Waals surface area contributed by atoms with Gasteiger partial charge in [0.1, 0.15) is 22.9 Å². The number of nitrogens with one attached hydrogen (secondary N) is 3. The number of aromatic nitrogens is 4. The van der Waals surface area contributed by atoms with Crippen molar-refractivity contribution in [3.63, 3.8) is 0 Å². The lowest BCUT2D eigenvalue weighted by Gasteiger charge is -2.07. The van der Waals surface area contributed by atoms with Gasteiger partial charge in [-0.05, 0) is 19.1 Å². The molecule has 0 radical (unpaired) electrons. The van der Waals surface area contributed by atoms with Crippen molar-refractivity contribution in [3.05, 3.63) is 30.5 Å². The van der Waals surface area contributed by atoms with Gasteiger partial charge in [0.2, 0.25) is 10.0 Å². The molecule has 2 rings (SSSR count). The molecule has 0 saturated heterocycles. The topological polar surface area (TPSA) is 113 Å². The molecule has 0 fully saturated rings. The van der Waals surface area contributed by atoms with Crippen molar-refractivity contribution in [2.75, 3.05) is 18.4 Å². The minimum atomic E-state index is -3.55. The molecule has 108 valence electrons. The molecule has 0 bridgehead atoms. The number of nitrogens with zero attached hydrogens (tertiary/aromatic N) is 3. The molecular formula is C11H16N6O2S. The highest BCUT2D eigenvalue weighted by Gasteiger charge is 2.14. The molecule has 9 heteroatoms. The number of aromatic amines is 1. The predicted octanol–water partition coefficient (Wildman–Crippen LogP) is 0.152. The van der Waals surface area contributed by atoms with Gasteiger partial charge in [-0.2, -0.15) is 5.10 Å². The molecule has 3 N–H and O–H groups in total. The highest BCUT2D eigenvalue weighted by Crippen LogP contribution is 2.10. The van der Waals surface area contributed by atoms with Crippen molar-refractivity contribution < 1.29 is 8.42 Å². The van der Waals surface area contributed by atoms with E-state index >= 15 is 0 Å². The van der Waals surface area contributed by atoms with Crippen LogP contribution >= 0.6 is 0 Å². The van der Waals surface area contributed by atoms with Crippen LogP contribution in [0, 0.1) is 0 Å². The first-order valence-corrected chi connectivity index (χ1v) is 7.64. The number of hydrogen-bond acceptors (Lipinski definition) is 6. The Labute approximate surface area is 117 Å². The Morgan fingerprint density at radius 1 is 1.30 bits per heavy atom. The molecule has 0 aliphatic rings. The summed E-state index contributed by atoms with van der Waals surface area (Å²) in [6.45, 7) is 2.92. The van der Waals surface area contributed by atoms with Gasteiger partial charge >= 0.3 is 0 Å². The Bertz CT molecular complexity index is 623. The lowest BCUT2D eigenvalue weighted by atomic mass is 10.4. The fourth-order valence-electron chi connectivity index (χ4n) is 1.56. The standard InChI is InChI=1S/C11H16N6O2S/c1-2-12-10-4-3-9(7-13-10)20(18,19)16-6-5-11-14-8-15-17-11/h3-4,7-8,16H,2,5-6H2,1H3,(H,12,13)(H,14,15,17). The van der Waals surface area contributed by atoms with Crippen LogP contribution in [0.5, 0.6) is 0 Å². The van der Waals surface area contributed by atoms with Crippen LogP contribution in [0.3, 0.4) is 0 Å². The smallest absolute Gasteiger partial charge is 0.242 e. The summed E-state index contributed by atoms with van der Waals surface area (Å²) in [6, 6.07) is 3.15. The van der Waals surface area contributed by atoms with Crippen LogP contribution in [0.25, 0.3) is 0 Å². The minimum absolute atomic E-state index is 0.136. The highest BCUT2D eigenvalue weighted by molar-refractivity contribution is 7.89. The molecule has 0 aliphatic carbocycles. The molecule has 0 amide bonds. The Morgan fingerprint density at radius 2 is 2.15 bits per heavy atom. The second kappa shape index (κ2) is 6.44. The van der Waals surface area contributed by atoms with Crippen molar-refractivity contribution in [3.8, 4) is 0 Å². The van der Waals surface area contributed by atoms with Gasteiger partial charge in [-0.3, -0.25) is 5.10 Å². The maximum absolute atomic E-state index is 12.0. The maximum atomic E-state index is 12.0. The fraction of sp³-hybridized carbons (Fsp3) is 0.364. The zero-order chi connectivity index (χ0) is 14.4. The minimum Gasteiger partial charge on any atom is -0.370 e.